The van der Waals surface area contributed by atoms with Crippen molar-refractivity contribution in [2.75, 3.05) is 7.11 Å². The van der Waals surface area contributed by atoms with Crippen molar-refractivity contribution in [2.45, 2.75) is 31.6 Å². The summed E-state index contributed by atoms with van der Waals surface area (Å²) in [5.74, 6) is -0.632. The first kappa shape index (κ1) is 11.1. The number of hydrogen-bond acceptors (Lipinski definition) is 2. The molecule has 0 aromatic heterocycles. The van der Waals surface area contributed by atoms with E-state index in [-0.39, 0.29) is 5.56 Å². The third-order valence-electron chi connectivity index (χ3n) is 3.23. The lowest BCUT2D eigenvalue weighted by molar-refractivity contribution is 0.0595. The molecule has 0 heterocycles. The molecule has 0 bridgehead atoms. The Morgan fingerprint density at radius 3 is 2.62 bits per heavy atom. The summed E-state index contributed by atoms with van der Waals surface area (Å²) in [4.78, 5) is 11.2. The predicted molar refractivity (Wildman–Crippen MR) is 58.9 cm³/mol. The van der Waals surface area contributed by atoms with E-state index in [1.807, 2.05) is 6.07 Å². The second kappa shape index (κ2) is 4.64. The standard InChI is InChI=1S/C13H15FO2/c1-16-13(15)11-7-6-10(8-12(11)14)9-4-2-3-5-9/h6-9H,2-5H2,1H3. The smallest absolute Gasteiger partial charge is 0.340 e. The summed E-state index contributed by atoms with van der Waals surface area (Å²) in [7, 11) is 1.26. The average Bonchev–Trinajstić information content (AvgIpc) is 2.81. The lowest BCUT2D eigenvalue weighted by atomic mass is 9.96. The average molecular weight is 222 g/mol. The fourth-order valence-electron chi connectivity index (χ4n) is 2.32. The maximum atomic E-state index is 13.6. The van der Waals surface area contributed by atoms with Gasteiger partial charge < -0.3 is 4.74 Å². The highest BCUT2D eigenvalue weighted by molar-refractivity contribution is 5.89. The van der Waals surface area contributed by atoms with E-state index in [0.717, 1.165) is 18.4 Å². The molecule has 0 N–H and O–H groups in total. The van der Waals surface area contributed by atoms with Crippen molar-refractivity contribution in [3.63, 3.8) is 0 Å². The molecule has 0 aliphatic heterocycles. The van der Waals surface area contributed by atoms with Crippen molar-refractivity contribution < 1.29 is 13.9 Å². The van der Waals surface area contributed by atoms with Gasteiger partial charge in [0.25, 0.3) is 0 Å². The third kappa shape index (κ3) is 2.08. The highest BCUT2D eigenvalue weighted by Crippen LogP contribution is 2.34. The van der Waals surface area contributed by atoms with Crippen LogP contribution in [0.5, 0.6) is 0 Å². The number of halogens is 1. The fourth-order valence-corrected chi connectivity index (χ4v) is 2.32. The largest absolute Gasteiger partial charge is 0.465 e. The van der Waals surface area contributed by atoms with Crippen LogP contribution >= 0.6 is 0 Å². The molecule has 0 saturated heterocycles. The summed E-state index contributed by atoms with van der Waals surface area (Å²) in [6.45, 7) is 0. The Kier molecular flexibility index (Phi) is 3.22. The molecule has 1 aliphatic carbocycles. The van der Waals surface area contributed by atoms with Gasteiger partial charge in [-0.3, -0.25) is 0 Å². The van der Waals surface area contributed by atoms with Gasteiger partial charge >= 0.3 is 5.97 Å². The third-order valence-corrected chi connectivity index (χ3v) is 3.23. The Bertz CT molecular complexity index is 395. The molecule has 86 valence electrons. The minimum Gasteiger partial charge on any atom is -0.465 e. The molecule has 2 rings (SSSR count). The van der Waals surface area contributed by atoms with Gasteiger partial charge in [-0.2, -0.15) is 0 Å². The van der Waals surface area contributed by atoms with Crippen LogP contribution in [0.2, 0.25) is 0 Å². The molecule has 0 radical (unpaired) electrons. The maximum Gasteiger partial charge on any atom is 0.340 e. The number of carbonyl (C=O) groups is 1. The molecule has 1 saturated carbocycles. The maximum absolute atomic E-state index is 13.6. The highest BCUT2D eigenvalue weighted by Gasteiger charge is 2.19. The van der Waals surface area contributed by atoms with E-state index in [0.29, 0.717) is 5.92 Å². The summed E-state index contributed by atoms with van der Waals surface area (Å²) in [6, 6.07) is 4.84. The van der Waals surface area contributed by atoms with Crippen LogP contribution < -0.4 is 0 Å². The van der Waals surface area contributed by atoms with Crippen molar-refractivity contribution in [1.29, 1.82) is 0 Å². The molecular formula is C13H15FO2. The SMILES string of the molecule is COC(=O)c1ccc(C2CCCC2)cc1F. The Labute approximate surface area is 94.4 Å². The van der Waals surface area contributed by atoms with Crippen molar-refractivity contribution in [1.82, 2.24) is 0 Å². The minimum absolute atomic E-state index is 0.0178. The van der Waals surface area contributed by atoms with Gasteiger partial charge in [0, 0.05) is 0 Å². The quantitative estimate of drug-likeness (QED) is 0.718. The first-order valence-electron chi connectivity index (χ1n) is 5.60. The van der Waals surface area contributed by atoms with E-state index in [1.165, 1.54) is 32.1 Å². The van der Waals surface area contributed by atoms with Crippen LogP contribution in [0.25, 0.3) is 0 Å². The zero-order valence-electron chi connectivity index (χ0n) is 9.33. The fraction of sp³-hybridized carbons (Fsp3) is 0.462. The number of hydrogen-bond donors (Lipinski definition) is 0. The van der Waals surface area contributed by atoms with Crippen LogP contribution in [-0.2, 0) is 4.74 Å². The number of ether oxygens (including phenoxy) is 1. The number of esters is 1. The second-order valence-corrected chi connectivity index (χ2v) is 4.21. The van der Waals surface area contributed by atoms with Gasteiger partial charge in [-0.15, -0.1) is 0 Å². The molecule has 16 heavy (non-hydrogen) atoms. The van der Waals surface area contributed by atoms with E-state index >= 15 is 0 Å². The second-order valence-electron chi connectivity index (χ2n) is 4.21. The lowest BCUT2D eigenvalue weighted by Crippen LogP contribution is -2.05. The monoisotopic (exact) mass is 222 g/mol. The highest BCUT2D eigenvalue weighted by atomic mass is 19.1. The van der Waals surface area contributed by atoms with E-state index < -0.39 is 11.8 Å². The van der Waals surface area contributed by atoms with Gasteiger partial charge in [0.1, 0.15) is 5.82 Å². The van der Waals surface area contributed by atoms with Crippen LogP contribution in [0.3, 0.4) is 0 Å². The summed E-state index contributed by atoms with van der Waals surface area (Å²) in [5.41, 5.74) is 1.02. The van der Waals surface area contributed by atoms with Crippen LogP contribution in [0.4, 0.5) is 4.39 Å². The van der Waals surface area contributed by atoms with Gasteiger partial charge in [-0.25, -0.2) is 9.18 Å². The normalized spacial score (nSPS) is 16.4. The summed E-state index contributed by atoms with van der Waals surface area (Å²) < 4.78 is 18.1. The van der Waals surface area contributed by atoms with Crippen LogP contribution in [0, 0.1) is 5.82 Å². The van der Waals surface area contributed by atoms with Gasteiger partial charge in [0.05, 0.1) is 12.7 Å². The number of methoxy groups -OCH3 is 1. The van der Waals surface area contributed by atoms with E-state index in [4.69, 9.17) is 0 Å². The Morgan fingerprint density at radius 1 is 1.38 bits per heavy atom. The Balaban J connectivity index is 2.25. The molecule has 1 aliphatic rings. The van der Waals surface area contributed by atoms with Crippen LogP contribution in [0.1, 0.15) is 47.5 Å². The molecular weight excluding hydrogens is 207 g/mol. The molecule has 1 aromatic rings. The molecule has 0 atom stereocenters. The predicted octanol–water partition coefficient (Wildman–Crippen LogP) is 3.27. The van der Waals surface area contributed by atoms with E-state index in [9.17, 15) is 9.18 Å². The first-order valence-corrected chi connectivity index (χ1v) is 5.60. The summed E-state index contributed by atoms with van der Waals surface area (Å²) in [6.07, 6.45) is 4.67. The van der Waals surface area contributed by atoms with Crippen molar-refractivity contribution in [2.24, 2.45) is 0 Å². The molecule has 0 spiro atoms. The lowest BCUT2D eigenvalue weighted by Gasteiger charge is -2.10. The van der Waals surface area contributed by atoms with E-state index in [1.54, 1.807) is 0 Å². The number of benzene rings is 1. The van der Waals surface area contributed by atoms with Gasteiger partial charge in [0.2, 0.25) is 0 Å². The summed E-state index contributed by atoms with van der Waals surface area (Å²) >= 11 is 0. The van der Waals surface area contributed by atoms with Crippen molar-refractivity contribution >= 4 is 5.97 Å². The minimum atomic E-state index is -0.615. The topological polar surface area (TPSA) is 26.3 Å². The van der Waals surface area contributed by atoms with Gasteiger partial charge in [0.15, 0.2) is 0 Å². The molecule has 0 amide bonds. The molecule has 2 nitrogen and oxygen atoms in total. The van der Waals surface area contributed by atoms with Crippen LogP contribution in [0.15, 0.2) is 18.2 Å². The zero-order valence-corrected chi connectivity index (χ0v) is 9.33. The van der Waals surface area contributed by atoms with E-state index in [2.05, 4.69) is 4.74 Å². The molecule has 0 unspecified atom stereocenters. The molecule has 3 heteroatoms. The van der Waals surface area contributed by atoms with Crippen molar-refractivity contribution in [3.05, 3.63) is 35.1 Å². The number of carbonyl (C=O) groups excluding carboxylic acids is 1. The Morgan fingerprint density at radius 2 is 2.06 bits per heavy atom. The van der Waals surface area contributed by atoms with Crippen molar-refractivity contribution in [3.8, 4) is 0 Å². The zero-order chi connectivity index (χ0) is 11.5. The van der Waals surface area contributed by atoms with Gasteiger partial charge in [-0.1, -0.05) is 18.9 Å². The Hall–Kier alpha value is -1.38. The van der Waals surface area contributed by atoms with Gasteiger partial charge in [-0.05, 0) is 36.5 Å². The molecule has 1 fully saturated rings. The molecule has 1 aromatic carbocycles. The summed E-state index contributed by atoms with van der Waals surface area (Å²) in [5, 5.41) is 0. The number of rotatable bonds is 2. The first-order chi connectivity index (χ1) is 7.72. The van der Waals surface area contributed by atoms with Crippen LogP contribution in [-0.4, -0.2) is 13.1 Å².